The fourth-order valence-electron chi connectivity index (χ4n) is 2.05. The Kier molecular flexibility index (Phi) is 5.41. The van der Waals surface area contributed by atoms with E-state index >= 15 is 0 Å². The number of halogens is 1. The molecule has 0 unspecified atom stereocenters. The Morgan fingerprint density at radius 3 is 2.64 bits per heavy atom. The monoisotopic (exact) mass is 318 g/mol. The van der Waals surface area contributed by atoms with Crippen LogP contribution in [0.2, 0.25) is 5.02 Å². The molecule has 0 aromatic heterocycles. The highest BCUT2D eigenvalue weighted by Crippen LogP contribution is 2.23. The summed E-state index contributed by atoms with van der Waals surface area (Å²) in [4.78, 5) is 12.0. The van der Waals surface area contributed by atoms with Crippen molar-refractivity contribution in [1.82, 2.24) is 0 Å². The number of amides is 1. The Bertz CT molecular complexity index is 686. The third-order valence-electron chi connectivity index (χ3n) is 3.32. The second kappa shape index (κ2) is 7.29. The van der Waals surface area contributed by atoms with Crippen molar-refractivity contribution in [3.8, 4) is 0 Å². The van der Waals surface area contributed by atoms with Gasteiger partial charge in [-0.05, 0) is 48.7 Å². The summed E-state index contributed by atoms with van der Waals surface area (Å²) < 4.78 is 0. The van der Waals surface area contributed by atoms with Gasteiger partial charge < -0.3 is 15.7 Å². The number of rotatable bonds is 5. The first-order valence-corrected chi connectivity index (χ1v) is 7.37. The first kappa shape index (κ1) is 16.3. The zero-order chi connectivity index (χ0) is 16.1. The molecule has 0 heterocycles. The maximum absolute atomic E-state index is 12.0. The molecule has 0 saturated carbocycles. The van der Waals surface area contributed by atoms with Gasteiger partial charge in [-0.25, -0.2) is 0 Å². The minimum Gasteiger partial charge on any atom is -0.392 e. The number of hydrogen-bond acceptors (Lipinski definition) is 3. The molecule has 0 aliphatic rings. The summed E-state index contributed by atoms with van der Waals surface area (Å²) in [6.45, 7) is 3.96. The number of aliphatic hydroxyl groups excluding tert-OH is 1. The van der Waals surface area contributed by atoms with Crippen molar-refractivity contribution in [2.75, 3.05) is 17.2 Å². The van der Waals surface area contributed by atoms with E-state index in [0.29, 0.717) is 10.7 Å². The summed E-state index contributed by atoms with van der Waals surface area (Å²) in [6, 6.07) is 11.1. The van der Waals surface area contributed by atoms with E-state index in [1.54, 1.807) is 18.2 Å². The van der Waals surface area contributed by atoms with Gasteiger partial charge in [0.15, 0.2) is 0 Å². The first-order valence-electron chi connectivity index (χ1n) is 7.00. The average molecular weight is 319 g/mol. The van der Waals surface area contributed by atoms with Gasteiger partial charge in [0, 0.05) is 5.69 Å². The zero-order valence-corrected chi connectivity index (χ0v) is 13.4. The second-order valence-electron chi connectivity index (χ2n) is 5.19. The van der Waals surface area contributed by atoms with Gasteiger partial charge in [0.1, 0.15) is 0 Å². The maximum Gasteiger partial charge on any atom is 0.243 e. The molecule has 0 aliphatic carbocycles. The van der Waals surface area contributed by atoms with Crippen molar-refractivity contribution in [2.45, 2.75) is 20.5 Å². The van der Waals surface area contributed by atoms with E-state index < -0.39 is 0 Å². The molecule has 0 saturated heterocycles. The molecule has 22 heavy (non-hydrogen) atoms. The first-order chi connectivity index (χ1) is 10.5. The van der Waals surface area contributed by atoms with Crippen LogP contribution in [0.3, 0.4) is 0 Å². The molecule has 3 N–H and O–H groups in total. The zero-order valence-electron chi connectivity index (χ0n) is 12.6. The standard InChI is InChI=1S/C17H19ClN2O2/c1-11-3-4-12(2)15(7-11)20-17(22)9-19-16-8-13(10-21)5-6-14(16)18/h3-8,19,21H,9-10H2,1-2H3,(H,20,22). The molecule has 5 heteroatoms. The van der Waals surface area contributed by atoms with Crippen molar-refractivity contribution in [3.05, 3.63) is 58.1 Å². The third-order valence-corrected chi connectivity index (χ3v) is 3.65. The lowest BCUT2D eigenvalue weighted by Crippen LogP contribution is -2.22. The Hall–Kier alpha value is -2.04. The summed E-state index contributed by atoms with van der Waals surface area (Å²) >= 11 is 6.07. The van der Waals surface area contributed by atoms with Gasteiger partial charge in [0.2, 0.25) is 5.91 Å². The van der Waals surface area contributed by atoms with E-state index in [-0.39, 0.29) is 19.1 Å². The Morgan fingerprint density at radius 2 is 1.91 bits per heavy atom. The van der Waals surface area contributed by atoms with Crippen LogP contribution < -0.4 is 10.6 Å². The van der Waals surface area contributed by atoms with Crippen LogP contribution in [0.15, 0.2) is 36.4 Å². The molecule has 0 bridgehead atoms. The molecule has 116 valence electrons. The second-order valence-corrected chi connectivity index (χ2v) is 5.60. The van der Waals surface area contributed by atoms with Crippen molar-refractivity contribution >= 4 is 28.9 Å². The highest BCUT2D eigenvalue weighted by atomic mass is 35.5. The van der Waals surface area contributed by atoms with Gasteiger partial charge in [0.25, 0.3) is 0 Å². The SMILES string of the molecule is Cc1ccc(C)c(NC(=O)CNc2cc(CO)ccc2Cl)c1. The molecular weight excluding hydrogens is 300 g/mol. The minimum absolute atomic E-state index is 0.0689. The number of anilines is 2. The van der Waals surface area contributed by atoms with Crippen LogP contribution in [0.1, 0.15) is 16.7 Å². The summed E-state index contributed by atoms with van der Waals surface area (Å²) in [6.07, 6.45) is 0. The topological polar surface area (TPSA) is 61.4 Å². The predicted octanol–water partition coefficient (Wildman–Crippen LogP) is 3.50. The molecule has 2 aromatic rings. The fraction of sp³-hybridized carbons (Fsp3) is 0.235. The lowest BCUT2D eigenvalue weighted by atomic mass is 10.1. The van der Waals surface area contributed by atoms with Gasteiger partial charge in [-0.15, -0.1) is 0 Å². The number of nitrogens with one attached hydrogen (secondary N) is 2. The van der Waals surface area contributed by atoms with E-state index in [1.807, 2.05) is 32.0 Å². The van der Waals surface area contributed by atoms with Crippen molar-refractivity contribution < 1.29 is 9.90 Å². The summed E-state index contributed by atoms with van der Waals surface area (Å²) in [5.74, 6) is -0.154. The minimum atomic E-state index is -0.154. The van der Waals surface area contributed by atoms with E-state index in [4.69, 9.17) is 16.7 Å². The van der Waals surface area contributed by atoms with Gasteiger partial charge in [-0.2, -0.15) is 0 Å². The lowest BCUT2D eigenvalue weighted by Gasteiger charge is -2.12. The largest absolute Gasteiger partial charge is 0.392 e. The summed E-state index contributed by atoms with van der Waals surface area (Å²) in [5.41, 5.74) is 4.28. The van der Waals surface area contributed by atoms with Crippen LogP contribution in [0.25, 0.3) is 0 Å². The summed E-state index contributed by atoms with van der Waals surface area (Å²) in [5, 5.41) is 15.5. The van der Waals surface area contributed by atoms with Crippen molar-refractivity contribution in [2.24, 2.45) is 0 Å². The molecule has 0 fully saturated rings. The third kappa shape index (κ3) is 4.23. The molecule has 2 aromatic carbocycles. The molecule has 4 nitrogen and oxygen atoms in total. The molecule has 1 amide bonds. The quantitative estimate of drug-likeness (QED) is 0.790. The highest BCUT2D eigenvalue weighted by molar-refractivity contribution is 6.33. The van der Waals surface area contributed by atoms with Crippen LogP contribution in [-0.2, 0) is 11.4 Å². The number of hydrogen-bond donors (Lipinski definition) is 3. The number of aliphatic hydroxyl groups is 1. The van der Waals surface area contributed by atoms with Gasteiger partial charge in [0.05, 0.1) is 23.9 Å². The van der Waals surface area contributed by atoms with Crippen molar-refractivity contribution in [3.63, 3.8) is 0 Å². The molecule has 0 radical (unpaired) electrons. The summed E-state index contributed by atoms with van der Waals surface area (Å²) in [7, 11) is 0. The van der Waals surface area contributed by atoms with Gasteiger partial charge in [-0.1, -0.05) is 29.8 Å². The number of aryl methyl sites for hydroxylation is 2. The molecular formula is C17H19ClN2O2. The normalized spacial score (nSPS) is 10.4. The molecule has 2 rings (SSSR count). The van der Waals surface area contributed by atoms with E-state index in [9.17, 15) is 4.79 Å². The van der Waals surface area contributed by atoms with Crippen molar-refractivity contribution in [1.29, 1.82) is 0 Å². The maximum atomic E-state index is 12.0. The molecule has 0 spiro atoms. The van der Waals surface area contributed by atoms with Crippen LogP contribution in [-0.4, -0.2) is 17.6 Å². The highest BCUT2D eigenvalue weighted by Gasteiger charge is 2.07. The van der Waals surface area contributed by atoms with Crippen LogP contribution in [0, 0.1) is 13.8 Å². The predicted molar refractivity (Wildman–Crippen MR) is 90.4 cm³/mol. The Balaban J connectivity index is 2.00. The van der Waals surface area contributed by atoms with Crippen LogP contribution in [0.5, 0.6) is 0 Å². The fourth-order valence-corrected chi connectivity index (χ4v) is 2.23. The van der Waals surface area contributed by atoms with Crippen LogP contribution in [0.4, 0.5) is 11.4 Å². The van der Waals surface area contributed by atoms with Gasteiger partial charge >= 0.3 is 0 Å². The number of benzene rings is 2. The number of carbonyl (C=O) groups excluding carboxylic acids is 1. The Morgan fingerprint density at radius 1 is 1.14 bits per heavy atom. The van der Waals surface area contributed by atoms with Gasteiger partial charge in [-0.3, -0.25) is 4.79 Å². The smallest absolute Gasteiger partial charge is 0.243 e. The average Bonchev–Trinajstić information content (AvgIpc) is 2.50. The van der Waals surface area contributed by atoms with E-state index in [0.717, 1.165) is 22.4 Å². The van der Waals surface area contributed by atoms with E-state index in [2.05, 4.69) is 10.6 Å². The van der Waals surface area contributed by atoms with E-state index in [1.165, 1.54) is 0 Å². The molecule has 0 aliphatic heterocycles. The lowest BCUT2D eigenvalue weighted by molar-refractivity contribution is -0.114. The van der Waals surface area contributed by atoms with Crippen LogP contribution >= 0.6 is 11.6 Å². The Labute approximate surface area is 135 Å². The molecule has 0 atom stereocenters. The number of carbonyl (C=O) groups is 1.